The van der Waals surface area contributed by atoms with Crippen LogP contribution in [0.4, 0.5) is 0 Å². The first-order chi connectivity index (χ1) is 13.6. The van der Waals surface area contributed by atoms with Crippen molar-refractivity contribution in [1.82, 2.24) is 15.8 Å². The van der Waals surface area contributed by atoms with E-state index in [0.29, 0.717) is 33.7 Å². The first kappa shape index (κ1) is 19.4. The van der Waals surface area contributed by atoms with Crippen molar-refractivity contribution >= 4 is 34.3 Å². The predicted octanol–water partition coefficient (Wildman–Crippen LogP) is 2.92. The number of amides is 2. The SMILES string of the molecule is COc1ccc(-c2cc(C(=O)NNC(=O)CCl)c3ccccc3n2)cc1OC. The van der Waals surface area contributed by atoms with Gasteiger partial charge < -0.3 is 9.47 Å². The molecule has 0 radical (unpaired) electrons. The Bertz CT molecular complexity index is 1040. The zero-order valence-corrected chi connectivity index (χ0v) is 16.0. The van der Waals surface area contributed by atoms with Crippen LogP contribution >= 0.6 is 11.6 Å². The number of hydrogen-bond acceptors (Lipinski definition) is 5. The summed E-state index contributed by atoms with van der Waals surface area (Å²) < 4.78 is 10.6. The normalized spacial score (nSPS) is 10.4. The summed E-state index contributed by atoms with van der Waals surface area (Å²) in [6.07, 6.45) is 0. The highest BCUT2D eigenvalue weighted by molar-refractivity contribution is 6.27. The van der Waals surface area contributed by atoms with Gasteiger partial charge in [-0.05, 0) is 30.3 Å². The molecule has 2 amide bonds. The summed E-state index contributed by atoms with van der Waals surface area (Å²) in [4.78, 5) is 28.6. The Morgan fingerprint density at radius 1 is 1.00 bits per heavy atom. The van der Waals surface area contributed by atoms with Crippen LogP contribution in [-0.2, 0) is 4.79 Å². The van der Waals surface area contributed by atoms with Gasteiger partial charge in [0.25, 0.3) is 11.8 Å². The van der Waals surface area contributed by atoms with Crippen molar-refractivity contribution in [3.8, 4) is 22.8 Å². The number of hydrogen-bond donors (Lipinski definition) is 2. The Morgan fingerprint density at radius 3 is 2.46 bits per heavy atom. The highest BCUT2D eigenvalue weighted by atomic mass is 35.5. The molecule has 144 valence electrons. The number of para-hydroxylation sites is 1. The largest absolute Gasteiger partial charge is 0.493 e. The Labute approximate surface area is 166 Å². The van der Waals surface area contributed by atoms with E-state index in [4.69, 9.17) is 21.1 Å². The molecule has 8 heteroatoms. The molecule has 0 aliphatic rings. The minimum atomic E-state index is -0.506. The molecule has 3 rings (SSSR count). The number of alkyl halides is 1. The lowest BCUT2D eigenvalue weighted by molar-refractivity contribution is -0.119. The summed E-state index contributed by atoms with van der Waals surface area (Å²) in [6.45, 7) is 0. The zero-order valence-electron chi connectivity index (χ0n) is 15.3. The van der Waals surface area contributed by atoms with Gasteiger partial charge in [-0.25, -0.2) is 4.98 Å². The number of nitrogens with zero attached hydrogens (tertiary/aromatic N) is 1. The maximum atomic E-state index is 12.6. The molecular weight excluding hydrogens is 382 g/mol. The molecule has 0 saturated heterocycles. The van der Waals surface area contributed by atoms with Crippen LogP contribution in [0.1, 0.15) is 10.4 Å². The molecule has 0 fully saturated rings. The summed E-state index contributed by atoms with van der Waals surface area (Å²) in [7, 11) is 3.11. The van der Waals surface area contributed by atoms with Crippen molar-refractivity contribution in [3.63, 3.8) is 0 Å². The van der Waals surface area contributed by atoms with Crippen LogP contribution in [0.25, 0.3) is 22.2 Å². The number of fused-ring (bicyclic) bond motifs is 1. The van der Waals surface area contributed by atoms with E-state index in [-0.39, 0.29) is 5.88 Å². The van der Waals surface area contributed by atoms with E-state index >= 15 is 0 Å². The minimum Gasteiger partial charge on any atom is -0.493 e. The van der Waals surface area contributed by atoms with E-state index < -0.39 is 11.8 Å². The fraction of sp³-hybridized carbons (Fsp3) is 0.150. The van der Waals surface area contributed by atoms with Gasteiger partial charge in [-0.3, -0.25) is 20.4 Å². The Hall–Kier alpha value is -3.32. The molecule has 3 aromatic rings. The smallest absolute Gasteiger partial charge is 0.270 e. The summed E-state index contributed by atoms with van der Waals surface area (Å²) in [6, 6.07) is 14.3. The fourth-order valence-electron chi connectivity index (χ4n) is 2.73. The first-order valence-electron chi connectivity index (χ1n) is 8.34. The lowest BCUT2D eigenvalue weighted by atomic mass is 10.0. The summed E-state index contributed by atoms with van der Waals surface area (Å²) >= 11 is 5.44. The molecule has 1 heterocycles. The van der Waals surface area contributed by atoms with Gasteiger partial charge in [-0.15, -0.1) is 11.6 Å². The van der Waals surface area contributed by atoms with Crippen LogP contribution in [0.3, 0.4) is 0 Å². The number of hydrazine groups is 1. The Kier molecular flexibility index (Phi) is 5.96. The number of rotatable bonds is 5. The van der Waals surface area contributed by atoms with Gasteiger partial charge in [-0.1, -0.05) is 18.2 Å². The maximum absolute atomic E-state index is 12.6. The van der Waals surface area contributed by atoms with Crippen molar-refractivity contribution in [2.75, 3.05) is 20.1 Å². The van der Waals surface area contributed by atoms with Crippen molar-refractivity contribution in [3.05, 3.63) is 54.1 Å². The number of carbonyl (C=O) groups is 2. The molecule has 0 bridgehead atoms. The average Bonchev–Trinajstić information content (AvgIpc) is 2.75. The second-order valence-electron chi connectivity index (χ2n) is 5.78. The Balaban J connectivity index is 2.07. The number of carbonyl (C=O) groups excluding carboxylic acids is 2. The standard InChI is InChI=1S/C20H18ClN3O4/c1-27-17-8-7-12(9-18(17)28-2)16-10-14(20(26)24-23-19(25)11-21)13-5-3-4-6-15(13)22-16/h3-10H,11H2,1-2H3,(H,23,25)(H,24,26). The van der Waals surface area contributed by atoms with E-state index in [1.807, 2.05) is 24.3 Å². The number of nitrogens with one attached hydrogen (secondary N) is 2. The molecule has 0 aliphatic carbocycles. The highest BCUT2D eigenvalue weighted by Gasteiger charge is 2.15. The third-order valence-corrected chi connectivity index (χ3v) is 4.32. The van der Waals surface area contributed by atoms with E-state index in [1.165, 1.54) is 0 Å². The molecule has 2 N–H and O–H groups in total. The number of ether oxygens (including phenoxy) is 2. The zero-order chi connectivity index (χ0) is 20.1. The topological polar surface area (TPSA) is 89.6 Å². The molecule has 7 nitrogen and oxygen atoms in total. The predicted molar refractivity (Wildman–Crippen MR) is 107 cm³/mol. The van der Waals surface area contributed by atoms with Gasteiger partial charge in [0.15, 0.2) is 11.5 Å². The lowest BCUT2D eigenvalue weighted by Crippen LogP contribution is -2.42. The van der Waals surface area contributed by atoms with Crippen LogP contribution in [0.2, 0.25) is 0 Å². The summed E-state index contributed by atoms with van der Waals surface area (Å²) in [5.74, 6) is -0.0923. The van der Waals surface area contributed by atoms with Crippen LogP contribution in [0.15, 0.2) is 48.5 Å². The highest BCUT2D eigenvalue weighted by Crippen LogP contribution is 2.33. The first-order valence-corrected chi connectivity index (χ1v) is 8.88. The third-order valence-electron chi connectivity index (χ3n) is 4.08. The van der Waals surface area contributed by atoms with Crippen LogP contribution < -0.4 is 20.3 Å². The van der Waals surface area contributed by atoms with Crippen LogP contribution in [-0.4, -0.2) is 36.9 Å². The molecular formula is C20H18ClN3O4. The van der Waals surface area contributed by atoms with E-state index in [1.54, 1.807) is 38.5 Å². The maximum Gasteiger partial charge on any atom is 0.270 e. The van der Waals surface area contributed by atoms with Crippen molar-refractivity contribution in [2.24, 2.45) is 0 Å². The second-order valence-corrected chi connectivity index (χ2v) is 6.05. The van der Waals surface area contributed by atoms with E-state index in [2.05, 4.69) is 15.8 Å². The van der Waals surface area contributed by atoms with E-state index in [0.717, 1.165) is 5.56 Å². The van der Waals surface area contributed by atoms with Gasteiger partial charge in [0.2, 0.25) is 0 Å². The number of benzene rings is 2. The van der Waals surface area contributed by atoms with Crippen LogP contribution in [0, 0.1) is 0 Å². The molecule has 0 spiro atoms. The van der Waals surface area contributed by atoms with Gasteiger partial charge in [0.05, 0.1) is 31.0 Å². The van der Waals surface area contributed by atoms with Crippen molar-refractivity contribution in [2.45, 2.75) is 0 Å². The van der Waals surface area contributed by atoms with Gasteiger partial charge in [0, 0.05) is 10.9 Å². The van der Waals surface area contributed by atoms with Gasteiger partial charge in [-0.2, -0.15) is 0 Å². The molecule has 0 atom stereocenters. The Morgan fingerprint density at radius 2 is 1.75 bits per heavy atom. The molecule has 28 heavy (non-hydrogen) atoms. The minimum absolute atomic E-state index is 0.256. The fourth-order valence-corrected chi connectivity index (χ4v) is 2.80. The third kappa shape index (κ3) is 3.99. The van der Waals surface area contributed by atoms with Gasteiger partial charge in [0.1, 0.15) is 5.88 Å². The number of methoxy groups -OCH3 is 2. The average molecular weight is 400 g/mol. The molecule has 1 aromatic heterocycles. The lowest BCUT2D eigenvalue weighted by Gasteiger charge is -2.12. The summed E-state index contributed by atoms with van der Waals surface area (Å²) in [5, 5.41) is 0.657. The number of aromatic nitrogens is 1. The van der Waals surface area contributed by atoms with Crippen LogP contribution in [0.5, 0.6) is 11.5 Å². The van der Waals surface area contributed by atoms with Crippen molar-refractivity contribution < 1.29 is 19.1 Å². The molecule has 0 saturated carbocycles. The monoisotopic (exact) mass is 399 g/mol. The number of halogens is 1. The van der Waals surface area contributed by atoms with Gasteiger partial charge >= 0.3 is 0 Å². The van der Waals surface area contributed by atoms with E-state index in [9.17, 15) is 9.59 Å². The van der Waals surface area contributed by atoms with Crippen molar-refractivity contribution in [1.29, 1.82) is 0 Å². The number of pyridine rings is 1. The molecule has 2 aromatic carbocycles. The summed E-state index contributed by atoms with van der Waals surface area (Å²) in [5.41, 5.74) is 6.96. The second kappa shape index (κ2) is 8.58. The molecule has 0 aliphatic heterocycles. The molecule has 0 unspecified atom stereocenters. The quantitative estimate of drug-likeness (QED) is 0.508.